The van der Waals surface area contributed by atoms with Gasteiger partial charge in [0.25, 0.3) is 0 Å². The number of thioether (sulfide) groups is 1. The molecule has 0 aliphatic rings. The molecular weight excluding hydrogens is 312 g/mol. The molecule has 112 valence electrons. The molecule has 1 atom stereocenters. The summed E-state index contributed by atoms with van der Waals surface area (Å²) in [5.74, 6) is 0.0353. The summed E-state index contributed by atoms with van der Waals surface area (Å²) in [4.78, 5) is 16.7. The lowest BCUT2D eigenvalue weighted by atomic mass is 10.2. The van der Waals surface area contributed by atoms with E-state index in [4.69, 9.17) is 0 Å². The summed E-state index contributed by atoms with van der Waals surface area (Å²) < 4.78 is 2.09. The number of para-hydroxylation sites is 1. The number of aromatic nitrogens is 1. The zero-order valence-electron chi connectivity index (χ0n) is 12.2. The molecule has 0 fully saturated rings. The molecule has 3 aromatic rings. The normalized spacial score (nSPS) is 12.2. The van der Waals surface area contributed by atoms with E-state index in [1.54, 1.807) is 11.3 Å². The van der Waals surface area contributed by atoms with Crippen LogP contribution in [0.2, 0.25) is 0 Å². The first-order valence-electron chi connectivity index (χ1n) is 7.06. The van der Waals surface area contributed by atoms with Crippen LogP contribution in [0.1, 0.15) is 12.5 Å². The summed E-state index contributed by atoms with van der Waals surface area (Å²) in [5.41, 5.74) is 2.10. The molecule has 5 heteroatoms. The molecule has 1 aromatic heterocycles. The molecule has 1 heterocycles. The van der Waals surface area contributed by atoms with Gasteiger partial charge in [0, 0.05) is 6.54 Å². The van der Waals surface area contributed by atoms with Gasteiger partial charge in [-0.1, -0.05) is 54.2 Å². The van der Waals surface area contributed by atoms with Crippen molar-refractivity contribution in [3.8, 4) is 0 Å². The van der Waals surface area contributed by atoms with Gasteiger partial charge < -0.3 is 5.32 Å². The van der Waals surface area contributed by atoms with Gasteiger partial charge in [0.15, 0.2) is 4.34 Å². The molecule has 0 bridgehead atoms. The van der Waals surface area contributed by atoms with E-state index < -0.39 is 0 Å². The molecule has 0 spiro atoms. The molecule has 0 aliphatic carbocycles. The second-order valence-corrected chi connectivity index (χ2v) is 7.53. The van der Waals surface area contributed by atoms with Crippen molar-refractivity contribution in [2.45, 2.75) is 23.1 Å². The lowest BCUT2D eigenvalue weighted by Crippen LogP contribution is -2.30. The third kappa shape index (κ3) is 3.67. The summed E-state index contributed by atoms with van der Waals surface area (Å²) in [5, 5.41) is 2.81. The molecule has 0 radical (unpaired) electrons. The Kier molecular flexibility index (Phi) is 4.75. The van der Waals surface area contributed by atoms with Crippen LogP contribution in [0.5, 0.6) is 0 Å². The topological polar surface area (TPSA) is 42.0 Å². The minimum absolute atomic E-state index is 0.0353. The maximum absolute atomic E-state index is 12.2. The Hall–Kier alpha value is -1.85. The van der Waals surface area contributed by atoms with Crippen molar-refractivity contribution in [2.24, 2.45) is 0 Å². The lowest BCUT2D eigenvalue weighted by Gasteiger charge is -2.10. The van der Waals surface area contributed by atoms with Gasteiger partial charge in [-0.2, -0.15) is 0 Å². The van der Waals surface area contributed by atoms with Gasteiger partial charge in [0.1, 0.15) is 0 Å². The van der Waals surface area contributed by atoms with Crippen LogP contribution in [-0.4, -0.2) is 16.1 Å². The maximum Gasteiger partial charge on any atom is 0.233 e. The number of amides is 1. The van der Waals surface area contributed by atoms with E-state index in [1.165, 1.54) is 11.8 Å². The first kappa shape index (κ1) is 15.1. The van der Waals surface area contributed by atoms with Crippen LogP contribution in [0.15, 0.2) is 58.9 Å². The van der Waals surface area contributed by atoms with Gasteiger partial charge in [-0.3, -0.25) is 4.79 Å². The van der Waals surface area contributed by atoms with E-state index in [0.29, 0.717) is 6.54 Å². The Morgan fingerprint density at radius 3 is 2.68 bits per heavy atom. The quantitative estimate of drug-likeness (QED) is 0.717. The predicted octanol–water partition coefficient (Wildman–Crippen LogP) is 4.09. The second-order valence-electron chi connectivity index (χ2n) is 4.91. The molecule has 0 saturated carbocycles. The Morgan fingerprint density at radius 1 is 1.18 bits per heavy atom. The smallest absolute Gasteiger partial charge is 0.233 e. The Balaban J connectivity index is 1.58. The summed E-state index contributed by atoms with van der Waals surface area (Å²) in [6.07, 6.45) is 0. The van der Waals surface area contributed by atoms with E-state index in [9.17, 15) is 4.79 Å². The second kappa shape index (κ2) is 6.94. The number of hydrogen-bond donors (Lipinski definition) is 1. The average Bonchev–Trinajstić information content (AvgIpc) is 2.95. The number of hydrogen-bond acceptors (Lipinski definition) is 4. The molecule has 0 saturated heterocycles. The fourth-order valence-corrected chi connectivity index (χ4v) is 4.27. The first-order valence-corrected chi connectivity index (χ1v) is 8.76. The van der Waals surface area contributed by atoms with Gasteiger partial charge in [-0.15, -0.1) is 11.3 Å². The van der Waals surface area contributed by atoms with E-state index in [1.807, 2.05) is 55.5 Å². The van der Waals surface area contributed by atoms with Crippen LogP contribution >= 0.6 is 23.1 Å². The number of fused-ring (bicyclic) bond motifs is 1. The highest BCUT2D eigenvalue weighted by atomic mass is 32.2. The fourth-order valence-electron chi connectivity index (χ4n) is 2.03. The molecule has 1 amide bonds. The number of carbonyl (C=O) groups is 1. The van der Waals surface area contributed by atoms with Crippen LogP contribution in [-0.2, 0) is 11.3 Å². The van der Waals surface area contributed by atoms with Crippen molar-refractivity contribution >= 4 is 39.2 Å². The number of nitrogens with one attached hydrogen (secondary N) is 1. The van der Waals surface area contributed by atoms with E-state index >= 15 is 0 Å². The third-order valence-corrected chi connectivity index (χ3v) is 5.46. The van der Waals surface area contributed by atoms with Crippen LogP contribution in [0.25, 0.3) is 10.2 Å². The predicted molar refractivity (Wildman–Crippen MR) is 93.2 cm³/mol. The van der Waals surface area contributed by atoms with Crippen molar-refractivity contribution in [1.29, 1.82) is 0 Å². The van der Waals surface area contributed by atoms with Crippen molar-refractivity contribution in [2.75, 3.05) is 0 Å². The molecule has 0 unspecified atom stereocenters. The van der Waals surface area contributed by atoms with Crippen LogP contribution in [0, 0.1) is 0 Å². The zero-order chi connectivity index (χ0) is 15.4. The molecular formula is C17H16N2OS2. The molecule has 3 nitrogen and oxygen atoms in total. The van der Waals surface area contributed by atoms with Crippen LogP contribution in [0.3, 0.4) is 0 Å². The number of nitrogens with zero attached hydrogens (tertiary/aromatic N) is 1. The Morgan fingerprint density at radius 2 is 1.91 bits per heavy atom. The summed E-state index contributed by atoms with van der Waals surface area (Å²) in [7, 11) is 0. The Labute approximate surface area is 137 Å². The summed E-state index contributed by atoms with van der Waals surface area (Å²) in [6, 6.07) is 18.0. The summed E-state index contributed by atoms with van der Waals surface area (Å²) >= 11 is 3.14. The maximum atomic E-state index is 12.2. The van der Waals surface area contributed by atoms with Crippen LogP contribution < -0.4 is 5.32 Å². The fraction of sp³-hybridized carbons (Fsp3) is 0.176. The third-order valence-electron chi connectivity index (χ3n) is 3.23. The van der Waals surface area contributed by atoms with Crippen molar-refractivity contribution in [1.82, 2.24) is 10.3 Å². The number of rotatable bonds is 5. The minimum Gasteiger partial charge on any atom is -0.351 e. The number of benzene rings is 2. The van der Waals surface area contributed by atoms with Gasteiger partial charge in [0.2, 0.25) is 5.91 Å². The zero-order valence-corrected chi connectivity index (χ0v) is 13.8. The molecule has 22 heavy (non-hydrogen) atoms. The van der Waals surface area contributed by atoms with Crippen molar-refractivity contribution in [3.63, 3.8) is 0 Å². The largest absolute Gasteiger partial charge is 0.351 e. The first-order chi connectivity index (χ1) is 10.7. The monoisotopic (exact) mass is 328 g/mol. The van der Waals surface area contributed by atoms with E-state index in [0.717, 1.165) is 20.1 Å². The minimum atomic E-state index is -0.163. The highest BCUT2D eigenvalue weighted by Gasteiger charge is 2.16. The number of thiazole rings is 1. The van der Waals surface area contributed by atoms with Gasteiger partial charge in [-0.25, -0.2) is 4.98 Å². The molecule has 3 rings (SSSR count). The van der Waals surface area contributed by atoms with Gasteiger partial charge in [-0.05, 0) is 24.6 Å². The number of carbonyl (C=O) groups excluding carboxylic acids is 1. The molecule has 0 aliphatic heterocycles. The van der Waals surface area contributed by atoms with E-state index in [2.05, 4.69) is 16.4 Å². The van der Waals surface area contributed by atoms with Crippen LogP contribution in [0.4, 0.5) is 0 Å². The van der Waals surface area contributed by atoms with Crippen molar-refractivity contribution < 1.29 is 4.79 Å². The van der Waals surface area contributed by atoms with Gasteiger partial charge in [0.05, 0.1) is 15.5 Å². The lowest BCUT2D eigenvalue weighted by molar-refractivity contribution is -0.120. The average molecular weight is 328 g/mol. The van der Waals surface area contributed by atoms with Crippen molar-refractivity contribution in [3.05, 3.63) is 60.2 Å². The highest BCUT2D eigenvalue weighted by molar-refractivity contribution is 8.02. The van der Waals surface area contributed by atoms with E-state index in [-0.39, 0.29) is 11.2 Å². The molecule has 2 aromatic carbocycles. The Bertz CT molecular complexity index is 737. The standard InChI is InChI=1S/C17H16N2OS2/c1-12(16(20)18-11-13-7-3-2-4-8-13)21-17-19-14-9-5-6-10-15(14)22-17/h2-10,12H,11H2,1H3,(H,18,20)/t12-/m1/s1. The highest BCUT2D eigenvalue weighted by Crippen LogP contribution is 2.31. The van der Waals surface area contributed by atoms with Gasteiger partial charge >= 0.3 is 0 Å². The summed E-state index contributed by atoms with van der Waals surface area (Å²) in [6.45, 7) is 2.47. The molecule has 1 N–H and O–H groups in total. The SMILES string of the molecule is C[C@@H](Sc1nc2ccccc2s1)C(=O)NCc1ccccc1.